The molecular weight excluding hydrogens is 751 g/mol. The Morgan fingerprint density at radius 3 is 1.68 bits per heavy atom. The third-order valence-electron chi connectivity index (χ3n) is 9.71. The molecule has 0 radical (unpaired) electrons. The predicted molar refractivity (Wildman–Crippen MR) is 220 cm³/mol. The number of benzene rings is 4. The first-order valence-corrected chi connectivity index (χ1v) is 20.0. The van der Waals surface area contributed by atoms with Crippen LogP contribution >= 0.6 is 0 Å². The summed E-state index contributed by atoms with van der Waals surface area (Å²) >= 11 is 0. The van der Waals surface area contributed by atoms with Gasteiger partial charge in [-0.1, -0.05) is 127 Å². The fourth-order valence-corrected chi connectivity index (χ4v) is 7.01. The molecule has 2 aliphatic rings. The maximum atomic E-state index is 13.7. The van der Waals surface area contributed by atoms with Crippen LogP contribution in [0.15, 0.2) is 121 Å². The highest BCUT2D eigenvalue weighted by Gasteiger charge is 2.59. The number of hydrogen-bond donors (Lipinski definition) is 0. The Balaban J connectivity index is 1.46. The van der Waals surface area contributed by atoms with Gasteiger partial charge >= 0.3 is 17.8 Å². The van der Waals surface area contributed by atoms with Gasteiger partial charge in [0, 0.05) is 6.92 Å². The molecule has 6 atom stereocenters. The average molecular weight is 806 g/mol. The van der Waals surface area contributed by atoms with Crippen molar-refractivity contribution in [1.29, 1.82) is 0 Å². The molecule has 0 spiro atoms. The van der Waals surface area contributed by atoms with E-state index in [0.717, 1.165) is 22.3 Å². The highest BCUT2D eigenvalue weighted by Crippen LogP contribution is 2.39. The first kappa shape index (κ1) is 43.5. The summed E-state index contributed by atoms with van der Waals surface area (Å²) in [4.78, 5) is 28.4. The maximum absolute atomic E-state index is 13.7. The number of esters is 1. The van der Waals surface area contributed by atoms with Crippen LogP contribution in [0.2, 0.25) is 0 Å². The number of amides is 1. The Kier molecular flexibility index (Phi) is 14.6. The molecule has 1 amide bonds. The molecule has 0 unspecified atom stereocenters. The standard InChI is InChI=1S/C48H55NO10/c1-35(50)57-48(28-27-40-33-56-47(5,6)49(40)45(51)59-46(2,3)4)44(55-32-39-25-17-10-18-26-39)43(54-31-38-23-15-9-16-24-38)42(53-30-37-21-13-8-14-22-37)41(58-48)34-52-29-36-19-11-7-12-20-36/h7-26,40-44H,29-34H2,1-6H3/t40-,41+,42-,43-,44+,48+/m0/s1. The van der Waals surface area contributed by atoms with Gasteiger partial charge in [-0.2, -0.15) is 0 Å². The van der Waals surface area contributed by atoms with Crippen LogP contribution in [-0.2, 0) is 69.1 Å². The van der Waals surface area contributed by atoms with E-state index in [9.17, 15) is 9.59 Å². The summed E-state index contributed by atoms with van der Waals surface area (Å²) in [6.45, 7) is 11.0. The molecule has 0 bridgehead atoms. The van der Waals surface area contributed by atoms with Crippen molar-refractivity contribution < 1.29 is 47.5 Å². The molecule has 2 aliphatic heterocycles. The number of hydrogen-bond acceptors (Lipinski definition) is 10. The van der Waals surface area contributed by atoms with Gasteiger partial charge < -0.3 is 37.9 Å². The molecule has 0 aromatic heterocycles. The quantitative estimate of drug-likeness (QED) is 0.0919. The van der Waals surface area contributed by atoms with E-state index in [1.54, 1.807) is 34.6 Å². The van der Waals surface area contributed by atoms with Crippen LogP contribution in [0.4, 0.5) is 4.79 Å². The summed E-state index contributed by atoms with van der Waals surface area (Å²) in [5, 5.41) is 0. The van der Waals surface area contributed by atoms with Crippen LogP contribution in [0, 0.1) is 11.8 Å². The minimum atomic E-state index is -2.08. The lowest BCUT2D eigenvalue weighted by atomic mass is 9.91. The van der Waals surface area contributed by atoms with Gasteiger partial charge in [0.25, 0.3) is 0 Å². The zero-order chi connectivity index (χ0) is 41.9. The number of nitrogens with zero attached hydrogens (tertiary/aromatic N) is 1. The second-order valence-corrected chi connectivity index (χ2v) is 16.1. The van der Waals surface area contributed by atoms with Gasteiger partial charge in [0.15, 0.2) is 6.10 Å². The minimum absolute atomic E-state index is 0.0131. The highest BCUT2D eigenvalue weighted by molar-refractivity contribution is 5.70. The Morgan fingerprint density at radius 1 is 0.712 bits per heavy atom. The highest BCUT2D eigenvalue weighted by atomic mass is 16.8. The summed E-state index contributed by atoms with van der Waals surface area (Å²) in [7, 11) is 0. The van der Waals surface area contributed by atoms with Crippen LogP contribution in [0.3, 0.4) is 0 Å². The third kappa shape index (κ3) is 12.0. The van der Waals surface area contributed by atoms with E-state index in [2.05, 4.69) is 11.8 Å². The fraction of sp³-hybridized carbons (Fsp3) is 0.417. The molecular formula is C48H55NO10. The third-order valence-corrected chi connectivity index (χ3v) is 9.71. The molecule has 59 heavy (non-hydrogen) atoms. The van der Waals surface area contributed by atoms with Crippen molar-refractivity contribution in [1.82, 2.24) is 4.90 Å². The van der Waals surface area contributed by atoms with E-state index >= 15 is 0 Å². The number of rotatable bonds is 14. The first-order chi connectivity index (χ1) is 28.3. The van der Waals surface area contributed by atoms with Crippen LogP contribution in [0.1, 0.15) is 63.8 Å². The molecule has 4 aromatic carbocycles. The normalized spacial score (nSPS) is 23.8. The molecule has 4 aromatic rings. The zero-order valence-corrected chi connectivity index (χ0v) is 34.7. The van der Waals surface area contributed by atoms with Gasteiger partial charge in [-0.25, -0.2) is 4.79 Å². The van der Waals surface area contributed by atoms with Gasteiger partial charge in [-0.3, -0.25) is 9.69 Å². The van der Waals surface area contributed by atoms with Crippen molar-refractivity contribution in [2.75, 3.05) is 13.2 Å². The van der Waals surface area contributed by atoms with Gasteiger partial charge in [0.2, 0.25) is 0 Å². The largest absolute Gasteiger partial charge is 0.444 e. The van der Waals surface area contributed by atoms with E-state index in [4.69, 9.17) is 37.9 Å². The Labute approximate surface area is 347 Å². The molecule has 0 saturated carbocycles. The van der Waals surface area contributed by atoms with Crippen molar-refractivity contribution in [3.63, 3.8) is 0 Å². The topological polar surface area (TPSA) is 111 Å². The predicted octanol–water partition coefficient (Wildman–Crippen LogP) is 7.99. The summed E-state index contributed by atoms with van der Waals surface area (Å²) in [6, 6.07) is 38.1. The van der Waals surface area contributed by atoms with Crippen LogP contribution < -0.4 is 0 Å². The van der Waals surface area contributed by atoms with Crippen molar-refractivity contribution in [3.8, 4) is 11.8 Å². The Hall–Kier alpha value is -5.06. The van der Waals surface area contributed by atoms with Crippen LogP contribution in [0.25, 0.3) is 0 Å². The Morgan fingerprint density at radius 2 is 1.19 bits per heavy atom. The molecule has 0 N–H and O–H groups in total. The fourth-order valence-electron chi connectivity index (χ4n) is 7.01. The lowest BCUT2D eigenvalue weighted by Gasteiger charge is -2.49. The summed E-state index contributed by atoms with van der Waals surface area (Å²) < 4.78 is 51.8. The van der Waals surface area contributed by atoms with Crippen molar-refractivity contribution >= 4 is 12.1 Å². The summed E-state index contributed by atoms with van der Waals surface area (Å²) in [6.07, 6.45) is -4.43. The molecule has 2 saturated heterocycles. The second-order valence-electron chi connectivity index (χ2n) is 16.1. The van der Waals surface area contributed by atoms with Gasteiger partial charge in [-0.05, 0) is 62.8 Å². The van der Waals surface area contributed by atoms with Gasteiger partial charge in [0.05, 0.1) is 39.6 Å². The van der Waals surface area contributed by atoms with E-state index < -0.39 is 59.6 Å². The van der Waals surface area contributed by atoms with Gasteiger partial charge in [0.1, 0.15) is 35.7 Å². The van der Waals surface area contributed by atoms with Crippen LogP contribution in [-0.4, -0.2) is 77.7 Å². The molecule has 0 aliphatic carbocycles. The van der Waals surface area contributed by atoms with Crippen molar-refractivity contribution in [3.05, 3.63) is 144 Å². The Bertz CT molecular complexity index is 1990. The maximum Gasteiger partial charge on any atom is 0.413 e. The lowest BCUT2D eigenvalue weighted by Crippen LogP contribution is -2.68. The molecule has 6 rings (SSSR count). The first-order valence-electron chi connectivity index (χ1n) is 20.0. The number of carbonyl (C=O) groups is 2. The molecule has 312 valence electrons. The smallest absolute Gasteiger partial charge is 0.413 e. The number of carbonyl (C=O) groups excluding carboxylic acids is 2. The second kappa shape index (κ2) is 19.8. The van der Waals surface area contributed by atoms with Crippen molar-refractivity contribution in [2.45, 2.75) is 116 Å². The summed E-state index contributed by atoms with van der Waals surface area (Å²) in [5.41, 5.74) is 1.82. The van der Waals surface area contributed by atoms with E-state index in [1.807, 2.05) is 121 Å². The molecule has 2 heterocycles. The van der Waals surface area contributed by atoms with Gasteiger partial charge in [-0.15, -0.1) is 0 Å². The zero-order valence-electron chi connectivity index (χ0n) is 34.7. The number of ether oxygens (including phenoxy) is 8. The van der Waals surface area contributed by atoms with Crippen LogP contribution in [0.5, 0.6) is 0 Å². The van der Waals surface area contributed by atoms with Crippen molar-refractivity contribution in [2.24, 2.45) is 0 Å². The average Bonchev–Trinajstić information content (AvgIpc) is 3.52. The monoisotopic (exact) mass is 805 g/mol. The van der Waals surface area contributed by atoms with E-state index in [1.165, 1.54) is 11.8 Å². The SMILES string of the molecule is CC(=O)O[C@]1(C#C[C@H]2COC(C)(C)N2C(=O)OC(C)(C)C)O[C@H](COCc2ccccc2)[C@H](OCc2ccccc2)[C@H](OCc2ccccc2)[C@H]1OCc1ccccc1. The minimum Gasteiger partial charge on any atom is -0.444 e. The summed E-state index contributed by atoms with van der Waals surface area (Å²) in [5.74, 6) is 3.62. The van der Waals surface area contributed by atoms with E-state index in [-0.39, 0.29) is 39.6 Å². The molecule has 11 heteroatoms. The molecule has 2 fully saturated rings. The molecule has 11 nitrogen and oxygen atoms in total. The lowest BCUT2D eigenvalue weighted by molar-refractivity contribution is -0.349. The van der Waals surface area contributed by atoms with E-state index in [0.29, 0.717) is 0 Å².